The topological polar surface area (TPSA) is 55.2 Å². The Hall–Kier alpha value is -1.88. The molecule has 0 saturated heterocycles. The van der Waals surface area contributed by atoms with Crippen LogP contribution in [0.1, 0.15) is 16.7 Å². The molecule has 0 aliphatic carbocycles. The average Bonchev–Trinajstić information content (AvgIpc) is 2.38. The van der Waals surface area contributed by atoms with Crippen LogP contribution >= 0.6 is 15.9 Å². The van der Waals surface area contributed by atoms with Crippen LogP contribution in [0.2, 0.25) is 0 Å². The molecule has 0 atom stereocenters. The summed E-state index contributed by atoms with van der Waals surface area (Å²) >= 11 is 3.55. The van der Waals surface area contributed by atoms with Crippen LogP contribution in [0, 0.1) is 24.0 Å². The second-order valence-corrected chi connectivity index (χ2v) is 5.57. The van der Waals surface area contributed by atoms with E-state index in [4.69, 9.17) is 0 Å². The molecule has 2 aromatic carbocycles. The number of nitro groups is 1. The first-order valence-electron chi connectivity index (χ1n) is 6.21. The third kappa shape index (κ3) is 3.36. The van der Waals surface area contributed by atoms with E-state index in [1.54, 1.807) is 12.1 Å². The number of hydrogen-bond donors (Lipinski definition) is 1. The molecule has 0 spiro atoms. The molecule has 0 aliphatic rings. The zero-order valence-electron chi connectivity index (χ0n) is 11.3. The lowest BCUT2D eigenvalue weighted by Crippen LogP contribution is -2.02. The molecule has 5 heteroatoms. The van der Waals surface area contributed by atoms with Gasteiger partial charge < -0.3 is 5.32 Å². The van der Waals surface area contributed by atoms with Gasteiger partial charge in [0.1, 0.15) is 0 Å². The summed E-state index contributed by atoms with van der Waals surface area (Å²) in [7, 11) is 0. The van der Waals surface area contributed by atoms with Crippen molar-refractivity contribution in [2.45, 2.75) is 20.4 Å². The number of nitro benzene ring substituents is 1. The van der Waals surface area contributed by atoms with Gasteiger partial charge in [-0.2, -0.15) is 0 Å². The summed E-state index contributed by atoms with van der Waals surface area (Å²) in [4.78, 5) is 10.2. The molecule has 2 aromatic rings. The van der Waals surface area contributed by atoms with Crippen molar-refractivity contribution in [1.29, 1.82) is 0 Å². The molecule has 104 valence electrons. The van der Waals surface area contributed by atoms with Gasteiger partial charge in [0, 0.05) is 23.2 Å². The Bertz CT molecular complexity index is 616. The van der Waals surface area contributed by atoms with Crippen molar-refractivity contribution in [3.05, 3.63) is 67.7 Å². The smallest absolute Gasteiger partial charge is 0.269 e. The Morgan fingerprint density at radius 1 is 1.20 bits per heavy atom. The minimum atomic E-state index is -0.391. The number of anilines is 1. The molecule has 0 amide bonds. The van der Waals surface area contributed by atoms with Crippen molar-refractivity contribution in [2.75, 3.05) is 5.32 Å². The first-order valence-corrected chi connectivity index (χ1v) is 7.00. The van der Waals surface area contributed by atoms with Gasteiger partial charge in [0.05, 0.1) is 10.6 Å². The standard InChI is InChI=1S/C15H15BrN2O2/c1-10-7-11(2)15(14(16)8-10)17-9-12-3-5-13(6-4-12)18(19)20/h3-8,17H,9H2,1-2H3. The lowest BCUT2D eigenvalue weighted by Gasteiger charge is -2.13. The molecule has 0 unspecified atom stereocenters. The van der Waals surface area contributed by atoms with E-state index in [1.165, 1.54) is 23.3 Å². The van der Waals surface area contributed by atoms with Crippen LogP contribution in [-0.2, 0) is 6.54 Å². The molecule has 20 heavy (non-hydrogen) atoms. The minimum Gasteiger partial charge on any atom is -0.380 e. The van der Waals surface area contributed by atoms with E-state index in [9.17, 15) is 10.1 Å². The summed E-state index contributed by atoms with van der Waals surface area (Å²) in [5, 5.41) is 14.0. The lowest BCUT2D eigenvalue weighted by molar-refractivity contribution is -0.384. The largest absolute Gasteiger partial charge is 0.380 e. The summed E-state index contributed by atoms with van der Waals surface area (Å²) in [6, 6.07) is 10.8. The zero-order chi connectivity index (χ0) is 14.7. The zero-order valence-corrected chi connectivity index (χ0v) is 12.9. The highest BCUT2D eigenvalue weighted by molar-refractivity contribution is 9.10. The van der Waals surface area contributed by atoms with Crippen molar-refractivity contribution in [3.8, 4) is 0 Å². The molecule has 0 aliphatic heterocycles. The molecule has 0 saturated carbocycles. The Kier molecular flexibility index (Phi) is 4.39. The van der Waals surface area contributed by atoms with Crippen molar-refractivity contribution in [2.24, 2.45) is 0 Å². The SMILES string of the molecule is Cc1cc(C)c(NCc2ccc([N+](=O)[O-])cc2)c(Br)c1. The maximum absolute atomic E-state index is 10.6. The number of non-ortho nitro benzene ring substituents is 1. The third-order valence-corrected chi connectivity index (χ3v) is 3.67. The van der Waals surface area contributed by atoms with Crippen molar-refractivity contribution < 1.29 is 4.92 Å². The average molecular weight is 335 g/mol. The first-order chi connectivity index (χ1) is 9.47. The molecule has 2 rings (SSSR count). The van der Waals surface area contributed by atoms with Gasteiger partial charge in [-0.1, -0.05) is 18.2 Å². The maximum atomic E-state index is 10.6. The van der Waals surface area contributed by atoms with E-state index in [0.29, 0.717) is 6.54 Å². The molecule has 0 radical (unpaired) electrons. The van der Waals surface area contributed by atoms with Gasteiger partial charge in [-0.05, 0) is 52.5 Å². The lowest BCUT2D eigenvalue weighted by atomic mass is 10.1. The molecule has 0 heterocycles. The fraction of sp³-hybridized carbons (Fsp3) is 0.200. The van der Waals surface area contributed by atoms with Crippen molar-refractivity contribution >= 4 is 27.3 Å². The predicted molar refractivity (Wildman–Crippen MR) is 84.0 cm³/mol. The summed E-state index contributed by atoms with van der Waals surface area (Å²) in [5.74, 6) is 0. The van der Waals surface area contributed by atoms with Gasteiger partial charge in [0.2, 0.25) is 0 Å². The van der Waals surface area contributed by atoms with E-state index in [-0.39, 0.29) is 5.69 Å². The highest BCUT2D eigenvalue weighted by atomic mass is 79.9. The summed E-state index contributed by atoms with van der Waals surface area (Å²) in [6.45, 7) is 4.73. The van der Waals surface area contributed by atoms with Gasteiger partial charge in [-0.25, -0.2) is 0 Å². The first kappa shape index (κ1) is 14.5. The highest BCUT2D eigenvalue weighted by Gasteiger charge is 2.06. The van der Waals surface area contributed by atoms with Crippen LogP contribution < -0.4 is 5.32 Å². The number of nitrogens with one attached hydrogen (secondary N) is 1. The normalized spacial score (nSPS) is 10.3. The molecule has 0 fully saturated rings. The van der Waals surface area contributed by atoms with E-state index >= 15 is 0 Å². The minimum absolute atomic E-state index is 0.112. The number of benzene rings is 2. The summed E-state index contributed by atoms with van der Waals surface area (Å²) in [6.07, 6.45) is 0. The summed E-state index contributed by atoms with van der Waals surface area (Å²) < 4.78 is 1.02. The van der Waals surface area contributed by atoms with Gasteiger partial charge >= 0.3 is 0 Å². The van der Waals surface area contributed by atoms with Gasteiger partial charge in [-0.3, -0.25) is 10.1 Å². The Morgan fingerprint density at radius 3 is 2.40 bits per heavy atom. The van der Waals surface area contributed by atoms with E-state index in [1.807, 2.05) is 0 Å². The van der Waals surface area contributed by atoms with Crippen molar-refractivity contribution in [3.63, 3.8) is 0 Å². The van der Waals surface area contributed by atoms with Crippen LogP contribution in [0.25, 0.3) is 0 Å². The Labute approximate surface area is 126 Å². The Balaban J connectivity index is 2.11. The molecule has 4 nitrogen and oxygen atoms in total. The highest BCUT2D eigenvalue weighted by Crippen LogP contribution is 2.28. The number of nitrogens with zero attached hydrogens (tertiary/aromatic N) is 1. The van der Waals surface area contributed by atoms with E-state index in [0.717, 1.165) is 15.7 Å². The molecule has 1 N–H and O–H groups in total. The summed E-state index contributed by atoms with van der Waals surface area (Å²) in [5.41, 5.74) is 4.53. The van der Waals surface area contributed by atoms with Gasteiger partial charge in [-0.15, -0.1) is 0 Å². The van der Waals surface area contributed by atoms with Crippen LogP contribution in [0.15, 0.2) is 40.9 Å². The predicted octanol–water partition coefficient (Wildman–Crippen LogP) is 4.59. The van der Waals surface area contributed by atoms with Crippen LogP contribution in [0.3, 0.4) is 0 Å². The van der Waals surface area contributed by atoms with Gasteiger partial charge in [0.15, 0.2) is 0 Å². The number of hydrogen-bond acceptors (Lipinski definition) is 3. The maximum Gasteiger partial charge on any atom is 0.269 e. The quantitative estimate of drug-likeness (QED) is 0.657. The number of aryl methyl sites for hydroxylation is 2. The fourth-order valence-electron chi connectivity index (χ4n) is 2.07. The molecule has 0 aromatic heterocycles. The van der Waals surface area contributed by atoms with Gasteiger partial charge in [0.25, 0.3) is 5.69 Å². The number of rotatable bonds is 4. The molecular formula is C15H15BrN2O2. The second kappa shape index (κ2) is 6.05. The Morgan fingerprint density at radius 2 is 1.85 bits per heavy atom. The fourth-order valence-corrected chi connectivity index (χ4v) is 2.88. The molecular weight excluding hydrogens is 320 g/mol. The van der Waals surface area contributed by atoms with E-state index in [2.05, 4.69) is 47.2 Å². The number of halogens is 1. The van der Waals surface area contributed by atoms with Crippen molar-refractivity contribution in [1.82, 2.24) is 0 Å². The van der Waals surface area contributed by atoms with Crippen LogP contribution in [0.5, 0.6) is 0 Å². The van der Waals surface area contributed by atoms with E-state index < -0.39 is 4.92 Å². The van der Waals surface area contributed by atoms with Crippen LogP contribution in [0.4, 0.5) is 11.4 Å². The monoisotopic (exact) mass is 334 g/mol. The third-order valence-electron chi connectivity index (χ3n) is 3.05. The molecule has 0 bridgehead atoms. The second-order valence-electron chi connectivity index (χ2n) is 4.72. The van der Waals surface area contributed by atoms with Crippen LogP contribution in [-0.4, -0.2) is 4.92 Å².